The molecule has 0 atom stereocenters. The van der Waals surface area contributed by atoms with Crippen LogP contribution in [0.5, 0.6) is 0 Å². The third-order valence-corrected chi connectivity index (χ3v) is 4.93. The number of Topliss-reactive ketones (excluding diaryl/α,β-unsaturated/α-hetero) is 1. The molecule has 0 saturated heterocycles. The van der Waals surface area contributed by atoms with Crippen LogP contribution in [-0.4, -0.2) is 33.8 Å². The molecule has 0 aliphatic heterocycles. The van der Waals surface area contributed by atoms with E-state index in [0.29, 0.717) is 21.7 Å². The van der Waals surface area contributed by atoms with Gasteiger partial charge in [0, 0.05) is 5.56 Å². The Kier molecular flexibility index (Phi) is 5.41. The van der Waals surface area contributed by atoms with Crippen molar-refractivity contribution in [1.29, 1.82) is 0 Å². The number of aryl methyl sites for hydroxylation is 1. The van der Waals surface area contributed by atoms with Crippen molar-refractivity contribution in [3.05, 3.63) is 44.9 Å². The first kappa shape index (κ1) is 19.5. The lowest BCUT2D eigenvalue weighted by atomic mass is 10.1. The van der Waals surface area contributed by atoms with E-state index in [-0.39, 0.29) is 29.6 Å². The molecule has 0 bridgehead atoms. The van der Waals surface area contributed by atoms with Crippen molar-refractivity contribution in [2.45, 2.75) is 27.3 Å². The zero-order valence-corrected chi connectivity index (χ0v) is 16.2. The van der Waals surface area contributed by atoms with Crippen molar-refractivity contribution < 1.29 is 23.5 Å². The zero-order valence-electron chi connectivity index (χ0n) is 15.4. The van der Waals surface area contributed by atoms with Crippen LogP contribution in [0.3, 0.4) is 0 Å². The molecule has 1 amide bonds. The summed E-state index contributed by atoms with van der Waals surface area (Å²) in [6.45, 7) is 4.67. The van der Waals surface area contributed by atoms with Gasteiger partial charge in [0.2, 0.25) is 5.91 Å². The van der Waals surface area contributed by atoms with E-state index in [1.165, 1.54) is 13.0 Å². The van der Waals surface area contributed by atoms with Crippen molar-refractivity contribution >= 4 is 45.2 Å². The Morgan fingerprint density at radius 3 is 2.75 bits per heavy atom. The Hall–Kier alpha value is -3.27. The molecule has 1 aromatic carbocycles. The van der Waals surface area contributed by atoms with Gasteiger partial charge in [0.05, 0.1) is 17.8 Å². The number of rotatable bonds is 6. The van der Waals surface area contributed by atoms with Gasteiger partial charge < -0.3 is 14.5 Å². The zero-order chi connectivity index (χ0) is 20.4. The Bertz CT molecular complexity index is 1140. The molecule has 0 aliphatic rings. The van der Waals surface area contributed by atoms with E-state index >= 15 is 0 Å². The van der Waals surface area contributed by atoms with Gasteiger partial charge in [0.15, 0.2) is 16.5 Å². The first-order valence-electron chi connectivity index (χ1n) is 8.39. The number of thiazole rings is 1. The lowest BCUT2D eigenvalue weighted by Gasteiger charge is -2.03. The smallest absolute Gasteiger partial charge is 0.420 e. The number of esters is 1. The maximum Gasteiger partial charge on any atom is 0.420 e. The van der Waals surface area contributed by atoms with Gasteiger partial charge in [-0.3, -0.25) is 14.2 Å². The Balaban J connectivity index is 1.79. The fourth-order valence-corrected chi connectivity index (χ4v) is 3.45. The number of oxazole rings is 1. The Morgan fingerprint density at radius 2 is 2.07 bits per heavy atom. The lowest BCUT2D eigenvalue weighted by Crippen LogP contribution is -2.24. The van der Waals surface area contributed by atoms with Gasteiger partial charge in [-0.15, -0.1) is 0 Å². The summed E-state index contributed by atoms with van der Waals surface area (Å²) in [4.78, 5) is 52.2. The summed E-state index contributed by atoms with van der Waals surface area (Å²) < 4.78 is 11.2. The molecule has 28 heavy (non-hydrogen) atoms. The fraction of sp³-hybridized carbons (Fsp3) is 0.278. The van der Waals surface area contributed by atoms with E-state index in [4.69, 9.17) is 9.15 Å². The molecule has 0 unspecified atom stereocenters. The minimum absolute atomic E-state index is 0.161. The van der Waals surface area contributed by atoms with E-state index in [1.54, 1.807) is 26.0 Å². The van der Waals surface area contributed by atoms with Gasteiger partial charge in [0.1, 0.15) is 11.4 Å². The van der Waals surface area contributed by atoms with Gasteiger partial charge in [0.25, 0.3) is 0 Å². The molecule has 3 aromatic rings. The van der Waals surface area contributed by atoms with E-state index < -0.39 is 17.6 Å². The van der Waals surface area contributed by atoms with Crippen LogP contribution in [0, 0.1) is 6.92 Å². The summed E-state index contributed by atoms with van der Waals surface area (Å²) in [6, 6.07) is 4.57. The molecular formula is C18H17N3O6S. The maximum atomic E-state index is 12.4. The number of aromatic nitrogens is 2. The van der Waals surface area contributed by atoms with Gasteiger partial charge in [-0.25, -0.2) is 14.6 Å². The minimum Gasteiger partial charge on any atom is -0.462 e. The highest BCUT2D eigenvalue weighted by Crippen LogP contribution is 2.23. The van der Waals surface area contributed by atoms with Crippen LogP contribution in [0.1, 0.15) is 39.6 Å². The van der Waals surface area contributed by atoms with Gasteiger partial charge >= 0.3 is 11.7 Å². The van der Waals surface area contributed by atoms with Gasteiger partial charge in [-0.05, 0) is 39.0 Å². The maximum absolute atomic E-state index is 12.4. The highest BCUT2D eigenvalue weighted by molar-refractivity contribution is 7.17. The van der Waals surface area contributed by atoms with Gasteiger partial charge in [-0.2, -0.15) is 0 Å². The fourth-order valence-electron chi connectivity index (χ4n) is 2.57. The predicted molar refractivity (Wildman–Crippen MR) is 102 cm³/mol. The highest BCUT2D eigenvalue weighted by atomic mass is 32.1. The molecule has 1 N–H and O–H groups in total. The molecule has 2 aromatic heterocycles. The predicted octanol–water partition coefficient (Wildman–Crippen LogP) is 2.38. The molecule has 0 spiro atoms. The van der Waals surface area contributed by atoms with E-state index in [0.717, 1.165) is 15.9 Å². The third-order valence-electron chi connectivity index (χ3n) is 3.88. The van der Waals surface area contributed by atoms with Crippen LogP contribution < -0.4 is 11.1 Å². The molecule has 3 rings (SSSR count). The van der Waals surface area contributed by atoms with Crippen LogP contribution in [-0.2, 0) is 16.1 Å². The number of hydrogen-bond donors (Lipinski definition) is 1. The molecule has 0 aliphatic carbocycles. The number of fused-ring (bicyclic) bond motifs is 1. The first-order valence-corrected chi connectivity index (χ1v) is 9.20. The molecule has 10 heteroatoms. The second-order valence-corrected chi connectivity index (χ2v) is 6.89. The lowest BCUT2D eigenvalue weighted by molar-refractivity contribution is -0.116. The van der Waals surface area contributed by atoms with Crippen LogP contribution in [0.2, 0.25) is 0 Å². The third kappa shape index (κ3) is 3.86. The highest BCUT2D eigenvalue weighted by Gasteiger charge is 2.19. The summed E-state index contributed by atoms with van der Waals surface area (Å²) in [5.74, 6) is -1.89. The monoisotopic (exact) mass is 403 g/mol. The molecular weight excluding hydrogens is 386 g/mol. The van der Waals surface area contributed by atoms with Crippen molar-refractivity contribution in [2.75, 3.05) is 11.9 Å². The number of ketones is 1. The summed E-state index contributed by atoms with van der Waals surface area (Å²) in [5.41, 5.74) is 1.47. The van der Waals surface area contributed by atoms with Crippen LogP contribution in [0.4, 0.5) is 5.13 Å². The molecule has 9 nitrogen and oxygen atoms in total. The molecule has 0 fully saturated rings. The second kappa shape index (κ2) is 7.77. The number of nitrogens with one attached hydrogen (secondary N) is 1. The van der Waals surface area contributed by atoms with E-state index in [9.17, 15) is 19.2 Å². The van der Waals surface area contributed by atoms with Crippen LogP contribution >= 0.6 is 11.3 Å². The summed E-state index contributed by atoms with van der Waals surface area (Å²) in [6.07, 6.45) is 0. The number of hydrogen-bond acceptors (Lipinski definition) is 8. The van der Waals surface area contributed by atoms with Crippen LogP contribution in [0.25, 0.3) is 11.1 Å². The van der Waals surface area contributed by atoms with E-state index in [1.807, 2.05) is 0 Å². The number of amides is 1. The summed E-state index contributed by atoms with van der Waals surface area (Å²) in [7, 11) is 0. The van der Waals surface area contributed by atoms with Crippen molar-refractivity contribution in [2.24, 2.45) is 0 Å². The number of anilines is 1. The Labute approximate surface area is 162 Å². The summed E-state index contributed by atoms with van der Waals surface area (Å²) >= 11 is 0.996. The van der Waals surface area contributed by atoms with Crippen molar-refractivity contribution in [3.8, 4) is 0 Å². The number of carbonyl (C=O) groups excluding carboxylic acids is 3. The average Bonchev–Trinajstić information content (AvgIpc) is 3.14. The topological polar surface area (TPSA) is 121 Å². The minimum atomic E-state index is -0.714. The SMILES string of the molecule is CCOC(=O)c1sc(NC(=O)Cn2c(=O)oc3cc(C(C)=O)ccc32)nc1C. The number of ether oxygens (including phenoxy) is 1. The first-order chi connectivity index (χ1) is 13.3. The molecule has 0 radical (unpaired) electrons. The normalized spacial score (nSPS) is 10.8. The second-order valence-electron chi connectivity index (χ2n) is 5.90. The quantitative estimate of drug-likeness (QED) is 0.495. The summed E-state index contributed by atoms with van der Waals surface area (Å²) in [5, 5.41) is 2.79. The molecule has 146 valence electrons. The van der Waals surface area contributed by atoms with Crippen LogP contribution in [0.15, 0.2) is 27.4 Å². The van der Waals surface area contributed by atoms with Crippen molar-refractivity contribution in [1.82, 2.24) is 9.55 Å². The standard InChI is InChI=1S/C18H17N3O6S/c1-4-26-16(24)15-9(2)19-17(28-15)20-14(23)8-21-12-6-5-11(10(3)22)7-13(12)27-18(21)25/h5-7H,4,8H2,1-3H3,(H,19,20,23). The Morgan fingerprint density at radius 1 is 1.32 bits per heavy atom. The van der Waals surface area contributed by atoms with Crippen molar-refractivity contribution in [3.63, 3.8) is 0 Å². The van der Waals surface area contributed by atoms with E-state index in [2.05, 4.69) is 10.3 Å². The number of benzene rings is 1. The molecule has 2 heterocycles. The number of nitrogens with zero attached hydrogens (tertiary/aromatic N) is 2. The largest absolute Gasteiger partial charge is 0.462 e. The molecule has 0 saturated carbocycles. The average molecular weight is 403 g/mol. The number of carbonyl (C=O) groups is 3. The van der Waals surface area contributed by atoms with Gasteiger partial charge in [-0.1, -0.05) is 11.3 Å².